The van der Waals surface area contributed by atoms with Gasteiger partial charge in [-0.25, -0.2) is 5.01 Å². The van der Waals surface area contributed by atoms with Crippen molar-refractivity contribution in [1.82, 2.24) is 15.8 Å². The summed E-state index contributed by atoms with van der Waals surface area (Å²) in [6.45, 7) is 0. The lowest BCUT2D eigenvalue weighted by Crippen LogP contribution is -2.78. The quantitative estimate of drug-likeness (QED) is 0.633. The summed E-state index contributed by atoms with van der Waals surface area (Å²) >= 11 is 0. The molecule has 5 rings (SSSR count). The van der Waals surface area contributed by atoms with E-state index in [1.54, 1.807) is 5.01 Å². The Hall–Kier alpha value is -1.36. The number of hydrogen-bond donors (Lipinski definition) is 2. The summed E-state index contributed by atoms with van der Waals surface area (Å²) < 4.78 is 0. The van der Waals surface area contributed by atoms with Crippen LogP contribution in [0.25, 0.3) is 0 Å². The summed E-state index contributed by atoms with van der Waals surface area (Å²) in [5.41, 5.74) is 2.56. The highest BCUT2D eigenvalue weighted by atomic mass is 16.2. The number of hydrazine groups is 1. The lowest BCUT2D eigenvalue weighted by Gasteiger charge is -2.56. The van der Waals surface area contributed by atoms with Gasteiger partial charge in [0, 0.05) is 18.4 Å². The molecule has 0 aromatic rings. The van der Waals surface area contributed by atoms with Crippen molar-refractivity contribution >= 4 is 11.8 Å². The van der Waals surface area contributed by atoms with Crippen molar-refractivity contribution in [3.05, 3.63) is 12.2 Å². The number of fused-ring (bicyclic) bond motifs is 5. The van der Waals surface area contributed by atoms with Gasteiger partial charge in [-0.15, -0.1) is 0 Å². The van der Waals surface area contributed by atoms with Crippen molar-refractivity contribution in [2.75, 3.05) is 0 Å². The lowest BCUT2D eigenvalue weighted by atomic mass is 9.79. The molecule has 0 aromatic carbocycles. The zero-order chi connectivity index (χ0) is 13.5. The van der Waals surface area contributed by atoms with Crippen molar-refractivity contribution in [1.29, 1.82) is 0 Å². The Morgan fingerprint density at radius 3 is 3.00 bits per heavy atom. The van der Waals surface area contributed by atoms with E-state index in [4.69, 9.17) is 0 Å². The van der Waals surface area contributed by atoms with Gasteiger partial charge in [0.1, 0.15) is 5.66 Å². The van der Waals surface area contributed by atoms with Crippen molar-refractivity contribution < 1.29 is 9.59 Å². The molecule has 2 N–H and O–H groups in total. The molecule has 5 aliphatic rings. The van der Waals surface area contributed by atoms with Crippen LogP contribution in [0.3, 0.4) is 0 Å². The van der Waals surface area contributed by atoms with Gasteiger partial charge in [-0.3, -0.25) is 20.3 Å². The SMILES string of the molecule is O=C1C[C@@H]2CCC[C@@]23N[C@@H]2[C@H](C(=O)N3N1)[C@@H]1C=C[C@H]2C1. The van der Waals surface area contributed by atoms with E-state index in [2.05, 4.69) is 22.9 Å². The molecule has 0 aromatic heterocycles. The number of carbonyl (C=O) groups is 2. The maximum absolute atomic E-state index is 13.0. The predicted molar refractivity (Wildman–Crippen MR) is 70.8 cm³/mol. The van der Waals surface area contributed by atoms with Crippen LogP contribution in [0.15, 0.2) is 12.2 Å². The smallest absolute Gasteiger partial charge is 0.248 e. The Morgan fingerprint density at radius 1 is 1.25 bits per heavy atom. The molecule has 1 spiro atoms. The minimum Gasteiger partial charge on any atom is -0.289 e. The molecule has 106 valence electrons. The third-order valence-electron chi connectivity index (χ3n) is 6.23. The van der Waals surface area contributed by atoms with Gasteiger partial charge < -0.3 is 0 Å². The van der Waals surface area contributed by atoms with Crippen molar-refractivity contribution in [3.8, 4) is 0 Å². The van der Waals surface area contributed by atoms with E-state index in [-0.39, 0.29) is 35.4 Å². The van der Waals surface area contributed by atoms with Crippen LogP contribution in [0, 0.1) is 23.7 Å². The third-order valence-corrected chi connectivity index (χ3v) is 6.23. The van der Waals surface area contributed by atoms with Crippen LogP contribution in [-0.4, -0.2) is 28.5 Å². The second kappa shape index (κ2) is 3.45. The number of carbonyl (C=O) groups excluding carboxylic acids is 2. The van der Waals surface area contributed by atoms with Crippen molar-refractivity contribution in [2.45, 2.75) is 43.8 Å². The van der Waals surface area contributed by atoms with Crippen LogP contribution in [0.4, 0.5) is 0 Å². The Labute approximate surface area is 117 Å². The van der Waals surface area contributed by atoms with Gasteiger partial charge in [-0.1, -0.05) is 12.2 Å². The van der Waals surface area contributed by atoms with E-state index < -0.39 is 0 Å². The summed E-state index contributed by atoms with van der Waals surface area (Å²) in [7, 11) is 0. The summed E-state index contributed by atoms with van der Waals surface area (Å²) in [5.74, 6) is 1.32. The molecular weight excluding hydrogens is 254 g/mol. The van der Waals surface area contributed by atoms with Gasteiger partial charge in [0.15, 0.2) is 0 Å². The molecule has 0 radical (unpaired) electrons. The molecule has 2 saturated heterocycles. The van der Waals surface area contributed by atoms with Crippen LogP contribution >= 0.6 is 0 Å². The molecule has 2 aliphatic heterocycles. The third kappa shape index (κ3) is 1.14. The molecule has 2 saturated carbocycles. The topological polar surface area (TPSA) is 61.4 Å². The predicted octanol–water partition coefficient (Wildman–Crippen LogP) is 0.540. The highest BCUT2D eigenvalue weighted by Gasteiger charge is 2.63. The van der Waals surface area contributed by atoms with E-state index in [1.807, 2.05) is 0 Å². The fourth-order valence-electron chi connectivity index (χ4n) is 5.42. The van der Waals surface area contributed by atoms with Crippen LogP contribution in [0.5, 0.6) is 0 Å². The molecule has 2 amide bonds. The van der Waals surface area contributed by atoms with E-state index in [0.29, 0.717) is 18.3 Å². The van der Waals surface area contributed by atoms with Crippen molar-refractivity contribution in [3.63, 3.8) is 0 Å². The van der Waals surface area contributed by atoms with E-state index in [9.17, 15) is 9.59 Å². The zero-order valence-corrected chi connectivity index (χ0v) is 11.3. The number of nitrogens with zero attached hydrogens (tertiary/aromatic N) is 1. The molecular formula is C15H19N3O2. The minimum atomic E-state index is -0.301. The minimum absolute atomic E-state index is 0.000163. The molecule has 2 bridgehead atoms. The van der Waals surface area contributed by atoms with Gasteiger partial charge in [0.05, 0.1) is 5.92 Å². The molecule has 6 atom stereocenters. The summed E-state index contributed by atoms with van der Waals surface area (Å²) in [6.07, 6.45) is 9.23. The second-order valence-corrected chi connectivity index (χ2v) is 7.07. The van der Waals surface area contributed by atoms with Gasteiger partial charge in [0.25, 0.3) is 0 Å². The van der Waals surface area contributed by atoms with Crippen LogP contribution in [0.1, 0.15) is 32.1 Å². The Bertz CT molecular complexity index is 545. The van der Waals surface area contributed by atoms with Gasteiger partial charge >= 0.3 is 0 Å². The Balaban J connectivity index is 1.60. The number of nitrogens with one attached hydrogen (secondary N) is 2. The van der Waals surface area contributed by atoms with Crippen LogP contribution < -0.4 is 10.7 Å². The van der Waals surface area contributed by atoms with E-state index >= 15 is 0 Å². The Kier molecular flexibility index (Phi) is 1.95. The molecule has 5 heteroatoms. The maximum atomic E-state index is 13.0. The average molecular weight is 273 g/mol. The number of rotatable bonds is 0. The standard InChI is InChI=1S/C15H19N3O2/c19-11-7-10-2-1-5-15(10)16-13-9-4-3-8(6-9)12(13)14(20)18(15)17-11/h3-4,8-10,12-13,16H,1-2,5-7H2,(H,17,19)/t8-,9+,10+,12-,13+,15+/m1/s1. The lowest BCUT2D eigenvalue weighted by molar-refractivity contribution is -0.177. The average Bonchev–Trinajstić information content (AvgIpc) is 3.10. The first kappa shape index (κ1) is 11.3. The number of amides is 2. The summed E-state index contributed by atoms with van der Waals surface area (Å²) in [5, 5.41) is 5.50. The summed E-state index contributed by atoms with van der Waals surface area (Å²) in [4.78, 5) is 24.9. The Morgan fingerprint density at radius 2 is 2.10 bits per heavy atom. The van der Waals surface area contributed by atoms with Gasteiger partial charge in [-0.2, -0.15) is 0 Å². The fourth-order valence-corrected chi connectivity index (χ4v) is 5.42. The second-order valence-electron chi connectivity index (χ2n) is 7.07. The van der Waals surface area contributed by atoms with Crippen molar-refractivity contribution in [2.24, 2.45) is 23.7 Å². The highest BCUT2D eigenvalue weighted by Crippen LogP contribution is 2.52. The summed E-state index contributed by atoms with van der Waals surface area (Å²) in [6, 6.07) is 0.282. The van der Waals surface area contributed by atoms with E-state index in [0.717, 1.165) is 25.7 Å². The normalized spacial score (nSPS) is 51.8. The first-order chi connectivity index (χ1) is 9.69. The molecule has 20 heavy (non-hydrogen) atoms. The maximum Gasteiger partial charge on any atom is 0.248 e. The van der Waals surface area contributed by atoms with E-state index in [1.165, 1.54) is 0 Å². The number of hydrogen-bond acceptors (Lipinski definition) is 3. The first-order valence-corrected chi connectivity index (χ1v) is 7.79. The first-order valence-electron chi connectivity index (χ1n) is 7.79. The van der Waals surface area contributed by atoms with Crippen LogP contribution in [-0.2, 0) is 9.59 Å². The highest BCUT2D eigenvalue weighted by molar-refractivity contribution is 5.88. The molecule has 4 fully saturated rings. The number of allylic oxidation sites excluding steroid dienone is 1. The van der Waals surface area contributed by atoms with Gasteiger partial charge in [0.2, 0.25) is 11.8 Å². The molecule has 2 heterocycles. The zero-order valence-electron chi connectivity index (χ0n) is 11.3. The molecule has 5 nitrogen and oxygen atoms in total. The molecule has 3 aliphatic carbocycles. The largest absolute Gasteiger partial charge is 0.289 e. The molecule has 0 unspecified atom stereocenters. The van der Waals surface area contributed by atoms with Crippen LogP contribution in [0.2, 0.25) is 0 Å². The fraction of sp³-hybridized carbons (Fsp3) is 0.733. The van der Waals surface area contributed by atoms with Gasteiger partial charge in [-0.05, 0) is 37.5 Å². The monoisotopic (exact) mass is 273 g/mol.